The molecule has 6 heteroatoms. The third-order valence-corrected chi connectivity index (χ3v) is 4.47. The van der Waals surface area contributed by atoms with Crippen LogP contribution < -0.4 is 10.6 Å². The summed E-state index contributed by atoms with van der Waals surface area (Å²) in [4.78, 5) is 4.42. The maximum absolute atomic E-state index is 13.8. The number of hydrogen-bond donors (Lipinski definition) is 3. The molecule has 0 spiro atoms. The van der Waals surface area contributed by atoms with Gasteiger partial charge in [0.2, 0.25) is 0 Å². The highest BCUT2D eigenvalue weighted by Crippen LogP contribution is 2.19. The SMILES string of the molecule is CCNC(=NCC(O)c1ccccc1F)NC(C)C(C)c1ccccc1.I. The predicted octanol–water partition coefficient (Wildman–Crippen LogP) is 4.22. The molecule has 0 fully saturated rings. The van der Waals surface area contributed by atoms with Crippen LogP contribution in [0.4, 0.5) is 4.39 Å². The van der Waals surface area contributed by atoms with Crippen molar-refractivity contribution in [1.29, 1.82) is 0 Å². The van der Waals surface area contributed by atoms with Crippen LogP contribution in [-0.2, 0) is 0 Å². The van der Waals surface area contributed by atoms with Gasteiger partial charge in [0.1, 0.15) is 11.9 Å². The van der Waals surface area contributed by atoms with Gasteiger partial charge < -0.3 is 15.7 Å². The molecule has 3 atom stereocenters. The Bertz CT molecular complexity index is 712. The molecular weight excluding hydrogens is 456 g/mol. The van der Waals surface area contributed by atoms with E-state index in [2.05, 4.69) is 41.6 Å². The van der Waals surface area contributed by atoms with Crippen LogP contribution in [0.15, 0.2) is 59.6 Å². The van der Waals surface area contributed by atoms with Gasteiger partial charge in [-0.05, 0) is 25.5 Å². The van der Waals surface area contributed by atoms with Crippen LogP contribution in [0.3, 0.4) is 0 Å². The van der Waals surface area contributed by atoms with Gasteiger partial charge in [0.25, 0.3) is 0 Å². The van der Waals surface area contributed by atoms with E-state index in [4.69, 9.17) is 0 Å². The fraction of sp³-hybridized carbons (Fsp3) is 0.381. The van der Waals surface area contributed by atoms with Crippen molar-refractivity contribution in [3.63, 3.8) is 0 Å². The molecule has 0 heterocycles. The Morgan fingerprint density at radius 1 is 1.07 bits per heavy atom. The molecule has 0 saturated carbocycles. The molecule has 3 N–H and O–H groups in total. The predicted molar refractivity (Wildman–Crippen MR) is 120 cm³/mol. The fourth-order valence-electron chi connectivity index (χ4n) is 2.73. The smallest absolute Gasteiger partial charge is 0.191 e. The van der Waals surface area contributed by atoms with E-state index in [0.29, 0.717) is 12.5 Å². The first-order valence-corrected chi connectivity index (χ1v) is 9.05. The maximum Gasteiger partial charge on any atom is 0.191 e. The molecule has 0 saturated heterocycles. The topological polar surface area (TPSA) is 56.7 Å². The number of nitrogens with one attached hydrogen (secondary N) is 2. The van der Waals surface area contributed by atoms with Crippen LogP contribution in [0.5, 0.6) is 0 Å². The van der Waals surface area contributed by atoms with Gasteiger partial charge in [0.15, 0.2) is 5.96 Å². The Labute approximate surface area is 178 Å². The highest BCUT2D eigenvalue weighted by molar-refractivity contribution is 14.0. The zero-order valence-corrected chi connectivity index (χ0v) is 18.4. The van der Waals surface area contributed by atoms with Gasteiger partial charge in [-0.2, -0.15) is 0 Å². The molecule has 2 aromatic carbocycles. The first kappa shape index (κ1) is 23.4. The fourth-order valence-corrected chi connectivity index (χ4v) is 2.73. The summed E-state index contributed by atoms with van der Waals surface area (Å²) < 4.78 is 13.8. The number of nitrogens with zero attached hydrogens (tertiary/aromatic N) is 1. The second kappa shape index (κ2) is 11.9. The molecule has 0 aliphatic heterocycles. The summed E-state index contributed by atoms with van der Waals surface area (Å²) in [5, 5.41) is 16.8. The molecule has 148 valence electrons. The summed E-state index contributed by atoms with van der Waals surface area (Å²) >= 11 is 0. The van der Waals surface area contributed by atoms with E-state index in [1.807, 2.05) is 25.1 Å². The lowest BCUT2D eigenvalue weighted by atomic mass is 9.94. The Morgan fingerprint density at radius 2 is 1.70 bits per heavy atom. The minimum Gasteiger partial charge on any atom is -0.386 e. The van der Waals surface area contributed by atoms with Gasteiger partial charge in [-0.25, -0.2) is 4.39 Å². The molecule has 4 nitrogen and oxygen atoms in total. The van der Waals surface area contributed by atoms with Crippen LogP contribution in [-0.4, -0.2) is 30.2 Å². The van der Waals surface area contributed by atoms with E-state index in [1.165, 1.54) is 11.6 Å². The quantitative estimate of drug-likeness (QED) is 0.313. The normalized spacial score (nSPS) is 14.6. The van der Waals surface area contributed by atoms with Gasteiger partial charge in [-0.15, -0.1) is 24.0 Å². The lowest BCUT2D eigenvalue weighted by molar-refractivity contribution is 0.182. The van der Waals surface area contributed by atoms with Crippen molar-refractivity contribution in [1.82, 2.24) is 10.6 Å². The molecule has 2 rings (SSSR count). The third kappa shape index (κ3) is 7.10. The Balaban J connectivity index is 0.00000364. The van der Waals surface area contributed by atoms with E-state index in [1.54, 1.807) is 18.2 Å². The van der Waals surface area contributed by atoms with Crippen molar-refractivity contribution in [2.45, 2.75) is 38.8 Å². The molecule has 2 aromatic rings. The second-order valence-corrected chi connectivity index (χ2v) is 6.39. The van der Waals surface area contributed by atoms with Crippen LogP contribution in [0.2, 0.25) is 0 Å². The Morgan fingerprint density at radius 3 is 2.33 bits per heavy atom. The van der Waals surface area contributed by atoms with Crippen molar-refractivity contribution in [3.05, 3.63) is 71.5 Å². The molecular formula is C21H29FIN3O. The van der Waals surface area contributed by atoms with Crippen LogP contribution in [0.25, 0.3) is 0 Å². The standard InChI is InChI=1S/C21H28FN3O.HI/c1-4-23-21(24-14-20(26)18-12-8-9-13-19(18)22)25-16(3)15(2)17-10-6-5-7-11-17;/h5-13,15-16,20,26H,4,14H2,1-3H3,(H2,23,24,25);1H. The zero-order chi connectivity index (χ0) is 18.9. The molecule has 0 radical (unpaired) electrons. The molecule has 0 aliphatic rings. The van der Waals surface area contributed by atoms with Crippen LogP contribution in [0, 0.1) is 5.82 Å². The monoisotopic (exact) mass is 485 g/mol. The molecule has 0 aromatic heterocycles. The summed E-state index contributed by atoms with van der Waals surface area (Å²) in [5.41, 5.74) is 1.51. The number of aliphatic imine (C=N–C) groups is 1. The van der Waals surface area contributed by atoms with Crippen LogP contribution >= 0.6 is 24.0 Å². The Kier molecular flexibility index (Phi) is 10.3. The average molecular weight is 485 g/mol. The van der Waals surface area contributed by atoms with E-state index in [-0.39, 0.29) is 48.0 Å². The van der Waals surface area contributed by atoms with Crippen molar-refractivity contribution in [2.24, 2.45) is 4.99 Å². The molecule has 3 unspecified atom stereocenters. The van der Waals surface area contributed by atoms with E-state index in [0.717, 1.165) is 0 Å². The number of aliphatic hydroxyl groups is 1. The van der Waals surface area contributed by atoms with Gasteiger partial charge in [-0.1, -0.05) is 55.5 Å². The summed E-state index contributed by atoms with van der Waals surface area (Å²) in [6.07, 6.45) is -0.978. The largest absolute Gasteiger partial charge is 0.386 e. The first-order chi connectivity index (χ1) is 12.5. The first-order valence-electron chi connectivity index (χ1n) is 9.05. The number of aliphatic hydroxyl groups excluding tert-OH is 1. The summed E-state index contributed by atoms with van der Waals surface area (Å²) in [7, 11) is 0. The van der Waals surface area contributed by atoms with Gasteiger partial charge in [0, 0.05) is 24.1 Å². The van der Waals surface area contributed by atoms with E-state index >= 15 is 0 Å². The molecule has 0 aliphatic carbocycles. The van der Waals surface area contributed by atoms with Gasteiger partial charge in [0.05, 0.1) is 6.54 Å². The number of hydrogen-bond acceptors (Lipinski definition) is 2. The number of guanidine groups is 1. The van der Waals surface area contributed by atoms with Crippen molar-refractivity contribution >= 4 is 29.9 Å². The van der Waals surface area contributed by atoms with Crippen molar-refractivity contribution in [2.75, 3.05) is 13.1 Å². The second-order valence-electron chi connectivity index (χ2n) is 6.39. The minimum absolute atomic E-state index is 0. The lowest BCUT2D eigenvalue weighted by Gasteiger charge is -2.24. The molecule has 0 amide bonds. The van der Waals surface area contributed by atoms with Gasteiger partial charge in [-0.3, -0.25) is 4.99 Å². The summed E-state index contributed by atoms with van der Waals surface area (Å²) in [6, 6.07) is 16.6. The minimum atomic E-state index is -0.978. The van der Waals surface area contributed by atoms with E-state index in [9.17, 15) is 9.50 Å². The Hall–Kier alpha value is -1.67. The van der Waals surface area contributed by atoms with Gasteiger partial charge >= 0.3 is 0 Å². The average Bonchev–Trinajstić information content (AvgIpc) is 2.66. The number of rotatable bonds is 7. The van der Waals surface area contributed by atoms with Crippen molar-refractivity contribution < 1.29 is 9.50 Å². The highest BCUT2D eigenvalue weighted by Gasteiger charge is 2.16. The summed E-state index contributed by atoms with van der Waals surface area (Å²) in [5.74, 6) is 0.481. The molecule has 27 heavy (non-hydrogen) atoms. The zero-order valence-electron chi connectivity index (χ0n) is 16.0. The third-order valence-electron chi connectivity index (χ3n) is 4.47. The number of halogens is 2. The van der Waals surface area contributed by atoms with Crippen molar-refractivity contribution in [3.8, 4) is 0 Å². The lowest BCUT2D eigenvalue weighted by Crippen LogP contribution is -2.44. The molecule has 0 bridgehead atoms. The summed E-state index contributed by atoms with van der Waals surface area (Å²) in [6.45, 7) is 7.02. The van der Waals surface area contributed by atoms with E-state index < -0.39 is 11.9 Å². The highest BCUT2D eigenvalue weighted by atomic mass is 127. The maximum atomic E-state index is 13.8. The van der Waals surface area contributed by atoms with Crippen LogP contribution in [0.1, 0.15) is 43.9 Å². The number of benzene rings is 2.